The predicted molar refractivity (Wildman–Crippen MR) is 97.2 cm³/mol. The van der Waals surface area contributed by atoms with Crippen LogP contribution in [0.25, 0.3) is 0 Å². The molecule has 26 heavy (non-hydrogen) atoms. The van der Waals surface area contributed by atoms with E-state index < -0.39 is 10.9 Å². The lowest BCUT2D eigenvalue weighted by molar-refractivity contribution is -0.385. The van der Waals surface area contributed by atoms with Crippen molar-refractivity contribution in [2.24, 2.45) is 0 Å². The molecule has 0 unspecified atom stereocenters. The molecule has 1 aliphatic rings. The number of carbonyl (C=O) groups excluding carboxylic acids is 1. The molecule has 1 aliphatic heterocycles. The predicted octanol–water partition coefficient (Wildman–Crippen LogP) is 2.11. The number of esters is 1. The number of rotatable bonds is 9. The van der Waals surface area contributed by atoms with Crippen LogP contribution in [0.4, 0.5) is 5.69 Å². The van der Waals surface area contributed by atoms with Crippen molar-refractivity contribution in [1.82, 2.24) is 10.2 Å². The van der Waals surface area contributed by atoms with Crippen molar-refractivity contribution in [3.63, 3.8) is 0 Å². The number of nitrogens with zero attached hydrogens (tertiary/aromatic N) is 2. The Hall–Kier alpha value is -2.19. The Labute approximate surface area is 153 Å². The summed E-state index contributed by atoms with van der Waals surface area (Å²) in [7, 11) is 1.24. The molecule has 8 heteroatoms. The van der Waals surface area contributed by atoms with Gasteiger partial charge in [0.1, 0.15) is 0 Å². The first-order valence-corrected chi connectivity index (χ1v) is 8.96. The minimum absolute atomic E-state index is 0.0769. The maximum Gasteiger partial charge on any atom is 0.343 e. The summed E-state index contributed by atoms with van der Waals surface area (Å²) in [6.45, 7) is 5.42. The van der Waals surface area contributed by atoms with Crippen LogP contribution < -0.4 is 10.1 Å². The van der Waals surface area contributed by atoms with Gasteiger partial charge in [0.25, 0.3) is 0 Å². The molecular weight excluding hydrogens is 338 g/mol. The lowest BCUT2D eigenvalue weighted by Gasteiger charge is -2.34. The zero-order chi connectivity index (χ0) is 18.9. The highest BCUT2D eigenvalue weighted by Crippen LogP contribution is 2.29. The first-order valence-electron chi connectivity index (χ1n) is 8.96. The van der Waals surface area contributed by atoms with Gasteiger partial charge in [-0.1, -0.05) is 13.0 Å². The van der Waals surface area contributed by atoms with Crippen LogP contribution in [0.15, 0.2) is 18.2 Å². The molecule has 8 nitrogen and oxygen atoms in total. The van der Waals surface area contributed by atoms with Crippen molar-refractivity contribution in [1.29, 1.82) is 0 Å². The number of nitro groups is 1. The van der Waals surface area contributed by atoms with Crippen molar-refractivity contribution in [2.75, 3.05) is 33.4 Å². The zero-order valence-corrected chi connectivity index (χ0v) is 15.4. The topological polar surface area (TPSA) is 93.9 Å². The normalized spacial score (nSPS) is 15.0. The molecule has 1 fully saturated rings. The van der Waals surface area contributed by atoms with E-state index in [4.69, 9.17) is 4.74 Å². The average Bonchev–Trinajstić information content (AvgIpc) is 2.66. The number of benzene rings is 1. The van der Waals surface area contributed by atoms with E-state index in [1.54, 1.807) is 6.07 Å². The number of carbonyl (C=O) groups is 1. The summed E-state index contributed by atoms with van der Waals surface area (Å²) in [4.78, 5) is 24.5. The fourth-order valence-electron chi connectivity index (χ4n) is 3.21. The molecule has 0 saturated carbocycles. The number of hydrogen-bond acceptors (Lipinski definition) is 7. The minimum atomic E-state index is -0.580. The van der Waals surface area contributed by atoms with Crippen LogP contribution in [0.2, 0.25) is 0 Å². The Morgan fingerprint density at radius 1 is 1.38 bits per heavy atom. The third-order valence-corrected chi connectivity index (χ3v) is 4.51. The summed E-state index contributed by atoms with van der Waals surface area (Å²) in [6, 6.07) is 5.41. The summed E-state index contributed by atoms with van der Waals surface area (Å²) >= 11 is 0. The van der Waals surface area contributed by atoms with Gasteiger partial charge in [-0.2, -0.15) is 0 Å². The van der Waals surface area contributed by atoms with E-state index in [2.05, 4.69) is 21.9 Å². The number of ether oxygens (including phenoxy) is 2. The largest absolute Gasteiger partial charge is 0.475 e. The smallest absolute Gasteiger partial charge is 0.343 e. The Morgan fingerprint density at radius 3 is 2.73 bits per heavy atom. The molecule has 0 bridgehead atoms. The van der Waals surface area contributed by atoms with Gasteiger partial charge in [0, 0.05) is 18.7 Å². The van der Waals surface area contributed by atoms with E-state index in [1.165, 1.54) is 13.2 Å². The van der Waals surface area contributed by atoms with E-state index in [-0.39, 0.29) is 18.0 Å². The lowest BCUT2D eigenvalue weighted by atomic mass is 10.0. The third-order valence-electron chi connectivity index (χ3n) is 4.51. The van der Waals surface area contributed by atoms with Crippen LogP contribution in [0.3, 0.4) is 0 Å². The molecule has 0 amide bonds. The van der Waals surface area contributed by atoms with Crippen LogP contribution in [0.1, 0.15) is 31.7 Å². The summed E-state index contributed by atoms with van der Waals surface area (Å²) in [6.07, 6.45) is 3.21. The molecule has 1 aromatic rings. The monoisotopic (exact) mass is 365 g/mol. The van der Waals surface area contributed by atoms with Gasteiger partial charge in [-0.15, -0.1) is 0 Å². The van der Waals surface area contributed by atoms with Gasteiger partial charge in [-0.05, 0) is 50.5 Å². The van der Waals surface area contributed by atoms with E-state index in [9.17, 15) is 14.9 Å². The number of nitrogens with one attached hydrogen (secondary N) is 1. The van der Waals surface area contributed by atoms with E-state index in [1.807, 2.05) is 6.07 Å². The Kier molecular flexibility index (Phi) is 7.80. The van der Waals surface area contributed by atoms with Gasteiger partial charge in [0.05, 0.1) is 12.0 Å². The van der Waals surface area contributed by atoms with Crippen molar-refractivity contribution < 1.29 is 19.2 Å². The van der Waals surface area contributed by atoms with Crippen molar-refractivity contribution in [2.45, 2.75) is 38.8 Å². The Balaban J connectivity index is 2.13. The molecule has 1 N–H and O–H groups in total. The molecule has 1 aromatic carbocycles. The van der Waals surface area contributed by atoms with Gasteiger partial charge in [0.2, 0.25) is 0 Å². The maximum atomic E-state index is 11.4. The van der Waals surface area contributed by atoms with Crippen LogP contribution in [-0.2, 0) is 16.1 Å². The second kappa shape index (κ2) is 10.1. The fourth-order valence-corrected chi connectivity index (χ4v) is 3.21. The molecule has 0 aromatic heterocycles. The van der Waals surface area contributed by atoms with Gasteiger partial charge >= 0.3 is 11.7 Å². The fraction of sp³-hybridized carbons (Fsp3) is 0.611. The molecule has 2 rings (SSSR count). The highest BCUT2D eigenvalue weighted by atomic mass is 16.6. The van der Waals surface area contributed by atoms with Crippen molar-refractivity contribution >= 4 is 11.7 Å². The number of hydrogen-bond donors (Lipinski definition) is 1. The summed E-state index contributed by atoms with van der Waals surface area (Å²) < 4.78 is 9.73. The molecule has 1 heterocycles. The number of methoxy groups -OCH3 is 1. The van der Waals surface area contributed by atoms with Crippen LogP contribution in [0, 0.1) is 10.1 Å². The molecule has 1 saturated heterocycles. The molecule has 0 radical (unpaired) electrons. The van der Waals surface area contributed by atoms with Crippen molar-refractivity contribution in [3.8, 4) is 5.75 Å². The SMILES string of the molecule is CCCN(Cc1ccc(OCC(=O)OC)c([N+](=O)[O-])c1)C1CCNCC1. The van der Waals surface area contributed by atoms with Gasteiger partial charge in [-0.25, -0.2) is 4.79 Å². The second-order valence-electron chi connectivity index (χ2n) is 6.38. The van der Waals surface area contributed by atoms with Gasteiger partial charge in [-0.3, -0.25) is 15.0 Å². The van der Waals surface area contributed by atoms with E-state index in [0.29, 0.717) is 12.6 Å². The van der Waals surface area contributed by atoms with E-state index >= 15 is 0 Å². The van der Waals surface area contributed by atoms with Crippen molar-refractivity contribution in [3.05, 3.63) is 33.9 Å². The Bertz CT molecular complexity index is 617. The van der Waals surface area contributed by atoms with E-state index in [0.717, 1.165) is 44.5 Å². The summed E-state index contributed by atoms with van der Waals surface area (Å²) in [5.41, 5.74) is 0.738. The molecular formula is C18H27N3O5. The lowest BCUT2D eigenvalue weighted by Crippen LogP contribution is -2.43. The molecule has 144 valence electrons. The second-order valence-corrected chi connectivity index (χ2v) is 6.38. The number of piperidine rings is 1. The first kappa shape index (κ1) is 20.1. The number of nitro benzene ring substituents is 1. The average molecular weight is 365 g/mol. The molecule has 0 aliphatic carbocycles. The van der Waals surface area contributed by atoms with Gasteiger partial charge in [0.15, 0.2) is 12.4 Å². The summed E-state index contributed by atoms with van der Waals surface area (Å²) in [5.74, 6) is -0.503. The van der Waals surface area contributed by atoms with Gasteiger partial charge < -0.3 is 14.8 Å². The first-order chi connectivity index (χ1) is 12.5. The highest BCUT2D eigenvalue weighted by molar-refractivity contribution is 5.71. The van der Waals surface area contributed by atoms with Crippen LogP contribution in [0.5, 0.6) is 5.75 Å². The summed E-state index contributed by atoms with van der Waals surface area (Å²) in [5, 5.41) is 14.8. The molecule has 0 atom stereocenters. The van der Waals surface area contributed by atoms with Crippen LogP contribution in [-0.4, -0.2) is 55.2 Å². The highest BCUT2D eigenvalue weighted by Gasteiger charge is 2.22. The third kappa shape index (κ3) is 5.67. The quantitative estimate of drug-likeness (QED) is 0.407. The standard InChI is InChI=1S/C18H27N3O5/c1-3-10-20(15-6-8-19-9-7-15)12-14-4-5-17(16(11-14)21(23)24)26-13-18(22)25-2/h4-5,11,15,19H,3,6-10,12-13H2,1-2H3. The van der Waals surface area contributed by atoms with Crippen LogP contribution >= 0.6 is 0 Å². The molecule has 0 spiro atoms. The zero-order valence-electron chi connectivity index (χ0n) is 15.4. The maximum absolute atomic E-state index is 11.4. The Morgan fingerprint density at radius 2 is 2.12 bits per heavy atom. The minimum Gasteiger partial charge on any atom is -0.475 e.